The van der Waals surface area contributed by atoms with Gasteiger partial charge >= 0.3 is 0 Å². The summed E-state index contributed by atoms with van der Waals surface area (Å²) in [6, 6.07) is 8.85. The van der Waals surface area contributed by atoms with Gasteiger partial charge in [-0.3, -0.25) is 0 Å². The van der Waals surface area contributed by atoms with Crippen LogP contribution in [0.15, 0.2) is 24.3 Å². The molecule has 1 aliphatic carbocycles. The van der Waals surface area contributed by atoms with E-state index < -0.39 is 0 Å². The van der Waals surface area contributed by atoms with Crippen molar-refractivity contribution in [1.29, 1.82) is 0 Å². The van der Waals surface area contributed by atoms with Crippen molar-refractivity contribution in [2.45, 2.75) is 45.6 Å². The Balaban J connectivity index is 2.01. The highest BCUT2D eigenvalue weighted by atomic mass is 15.2. The molecule has 0 amide bonds. The summed E-state index contributed by atoms with van der Waals surface area (Å²) in [5, 5.41) is 0. The molecule has 2 aliphatic rings. The minimum Gasteiger partial charge on any atom is -0.364 e. The van der Waals surface area contributed by atoms with E-state index in [0.29, 0.717) is 11.3 Å². The molecular weight excluding hydrogens is 232 g/mol. The molecule has 3 rings (SSSR count). The van der Waals surface area contributed by atoms with E-state index in [2.05, 4.69) is 49.9 Å². The number of nitrogens with two attached hydrogens (primary N) is 1. The van der Waals surface area contributed by atoms with Crippen LogP contribution < -0.4 is 10.6 Å². The van der Waals surface area contributed by atoms with E-state index in [0.717, 1.165) is 13.1 Å². The number of anilines is 1. The Morgan fingerprint density at radius 1 is 1.32 bits per heavy atom. The summed E-state index contributed by atoms with van der Waals surface area (Å²) in [5.41, 5.74) is 9.77. The van der Waals surface area contributed by atoms with E-state index in [1.807, 2.05) is 0 Å². The van der Waals surface area contributed by atoms with E-state index in [1.165, 1.54) is 30.5 Å². The van der Waals surface area contributed by atoms with Crippen LogP contribution in [0.1, 0.15) is 39.2 Å². The van der Waals surface area contributed by atoms with Crippen molar-refractivity contribution in [3.63, 3.8) is 0 Å². The highest BCUT2D eigenvalue weighted by Crippen LogP contribution is 2.52. The summed E-state index contributed by atoms with van der Waals surface area (Å²) < 4.78 is 0. The van der Waals surface area contributed by atoms with Gasteiger partial charge in [0.05, 0.1) is 5.54 Å². The molecule has 0 saturated heterocycles. The number of hydrogen-bond donors (Lipinski definition) is 1. The molecule has 2 unspecified atom stereocenters. The standard InChI is InChI=1S/C17H26N2/c1-13-10-16(2,3)11-17(13,12-18)19-9-8-14-6-4-5-7-15(14)19/h4-7,13H,8-12,18H2,1-3H3. The van der Waals surface area contributed by atoms with Crippen molar-refractivity contribution < 1.29 is 0 Å². The van der Waals surface area contributed by atoms with E-state index in [-0.39, 0.29) is 5.54 Å². The van der Waals surface area contributed by atoms with Gasteiger partial charge in [0.15, 0.2) is 0 Å². The van der Waals surface area contributed by atoms with Crippen molar-refractivity contribution in [1.82, 2.24) is 0 Å². The molecule has 1 aromatic carbocycles. The van der Waals surface area contributed by atoms with Gasteiger partial charge in [-0.1, -0.05) is 39.0 Å². The summed E-state index contributed by atoms with van der Waals surface area (Å²) in [5.74, 6) is 0.665. The highest BCUT2D eigenvalue weighted by molar-refractivity contribution is 5.60. The highest BCUT2D eigenvalue weighted by Gasteiger charge is 2.52. The van der Waals surface area contributed by atoms with E-state index in [9.17, 15) is 0 Å². The van der Waals surface area contributed by atoms with Crippen LogP contribution >= 0.6 is 0 Å². The third-order valence-corrected chi connectivity index (χ3v) is 5.34. The van der Waals surface area contributed by atoms with Gasteiger partial charge in [-0.2, -0.15) is 0 Å². The molecule has 2 nitrogen and oxygen atoms in total. The maximum atomic E-state index is 6.28. The number of nitrogens with zero attached hydrogens (tertiary/aromatic N) is 1. The normalized spacial score (nSPS) is 32.6. The third-order valence-electron chi connectivity index (χ3n) is 5.34. The first-order valence-corrected chi connectivity index (χ1v) is 7.54. The van der Waals surface area contributed by atoms with Gasteiger partial charge in [-0.25, -0.2) is 0 Å². The maximum absolute atomic E-state index is 6.28. The summed E-state index contributed by atoms with van der Waals surface area (Å²) in [4.78, 5) is 2.63. The average Bonchev–Trinajstić information content (AvgIpc) is 2.88. The van der Waals surface area contributed by atoms with Gasteiger partial charge < -0.3 is 10.6 Å². The van der Waals surface area contributed by atoms with Crippen LogP contribution in [-0.4, -0.2) is 18.6 Å². The average molecular weight is 258 g/mol. The molecule has 0 bridgehead atoms. The van der Waals surface area contributed by atoms with Gasteiger partial charge in [0, 0.05) is 18.8 Å². The topological polar surface area (TPSA) is 29.3 Å². The summed E-state index contributed by atoms with van der Waals surface area (Å²) >= 11 is 0. The number of benzene rings is 1. The smallest absolute Gasteiger partial charge is 0.0555 e. The molecule has 1 aliphatic heterocycles. The first kappa shape index (κ1) is 13.0. The molecule has 2 N–H and O–H groups in total. The lowest BCUT2D eigenvalue weighted by molar-refractivity contribution is 0.309. The fraction of sp³-hybridized carbons (Fsp3) is 0.647. The SMILES string of the molecule is CC1CC(C)(C)CC1(CN)N1CCc2ccccc21. The third kappa shape index (κ3) is 1.88. The monoisotopic (exact) mass is 258 g/mol. The van der Waals surface area contributed by atoms with Crippen molar-refractivity contribution in [2.24, 2.45) is 17.1 Å². The Morgan fingerprint density at radius 2 is 2.05 bits per heavy atom. The summed E-state index contributed by atoms with van der Waals surface area (Å²) in [6.07, 6.45) is 3.67. The zero-order chi connectivity index (χ0) is 13.7. The second kappa shape index (κ2) is 4.24. The van der Waals surface area contributed by atoms with Crippen LogP contribution in [0.2, 0.25) is 0 Å². The van der Waals surface area contributed by atoms with Gasteiger partial charge in [0.1, 0.15) is 0 Å². The number of fused-ring (bicyclic) bond motifs is 1. The first-order valence-electron chi connectivity index (χ1n) is 7.54. The fourth-order valence-electron chi connectivity index (χ4n) is 4.64. The van der Waals surface area contributed by atoms with Crippen LogP contribution in [0.4, 0.5) is 5.69 Å². The molecule has 1 saturated carbocycles. The van der Waals surface area contributed by atoms with Gasteiger partial charge in [-0.05, 0) is 42.2 Å². The number of hydrogen-bond acceptors (Lipinski definition) is 2. The van der Waals surface area contributed by atoms with Crippen LogP contribution in [0.3, 0.4) is 0 Å². The minimum absolute atomic E-state index is 0.163. The predicted octanol–water partition coefficient (Wildman–Crippen LogP) is 3.20. The molecule has 104 valence electrons. The largest absolute Gasteiger partial charge is 0.364 e. The van der Waals surface area contributed by atoms with Gasteiger partial charge in [0.2, 0.25) is 0 Å². The molecule has 19 heavy (non-hydrogen) atoms. The van der Waals surface area contributed by atoms with Crippen LogP contribution in [0.25, 0.3) is 0 Å². The Bertz CT molecular complexity index is 480. The molecule has 1 aromatic rings. The molecule has 2 heteroatoms. The Kier molecular flexibility index (Phi) is 2.90. The van der Waals surface area contributed by atoms with E-state index >= 15 is 0 Å². The predicted molar refractivity (Wildman–Crippen MR) is 81.5 cm³/mol. The summed E-state index contributed by atoms with van der Waals surface area (Å²) in [6.45, 7) is 9.08. The molecule has 1 fully saturated rings. The summed E-state index contributed by atoms with van der Waals surface area (Å²) in [7, 11) is 0. The van der Waals surface area contributed by atoms with Crippen molar-refractivity contribution in [2.75, 3.05) is 18.0 Å². The Hall–Kier alpha value is -1.02. The maximum Gasteiger partial charge on any atom is 0.0555 e. The van der Waals surface area contributed by atoms with Gasteiger partial charge in [-0.15, -0.1) is 0 Å². The molecule has 2 atom stereocenters. The molecule has 0 radical (unpaired) electrons. The van der Waals surface area contributed by atoms with E-state index in [1.54, 1.807) is 0 Å². The van der Waals surface area contributed by atoms with Crippen molar-refractivity contribution in [3.8, 4) is 0 Å². The molecule has 1 heterocycles. The van der Waals surface area contributed by atoms with Crippen LogP contribution in [-0.2, 0) is 6.42 Å². The van der Waals surface area contributed by atoms with Crippen LogP contribution in [0.5, 0.6) is 0 Å². The van der Waals surface area contributed by atoms with Crippen molar-refractivity contribution in [3.05, 3.63) is 29.8 Å². The lowest BCUT2D eigenvalue weighted by atomic mass is 9.84. The second-order valence-corrected chi connectivity index (χ2v) is 7.28. The fourth-order valence-corrected chi connectivity index (χ4v) is 4.64. The van der Waals surface area contributed by atoms with Crippen LogP contribution in [0, 0.1) is 11.3 Å². The Labute approximate surface area is 117 Å². The van der Waals surface area contributed by atoms with E-state index in [4.69, 9.17) is 5.73 Å². The Morgan fingerprint density at radius 3 is 2.68 bits per heavy atom. The van der Waals surface area contributed by atoms with Crippen molar-refractivity contribution >= 4 is 5.69 Å². The van der Waals surface area contributed by atoms with Gasteiger partial charge in [0.25, 0.3) is 0 Å². The molecule has 0 spiro atoms. The zero-order valence-electron chi connectivity index (χ0n) is 12.4. The zero-order valence-corrected chi connectivity index (χ0v) is 12.4. The lowest BCUT2D eigenvalue weighted by Crippen LogP contribution is -2.55. The number of rotatable bonds is 2. The quantitative estimate of drug-likeness (QED) is 0.882. The minimum atomic E-state index is 0.163. The first-order chi connectivity index (χ1) is 8.98. The molecule has 0 aromatic heterocycles. The molecular formula is C17H26N2. The number of para-hydroxylation sites is 1. The lowest BCUT2D eigenvalue weighted by Gasteiger charge is -2.44. The second-order valence-electron chi connectivity index (χ2n) is 7.28.